The minimum absolute atomic E-state index is 0.0612. The van der Waals surface area contributed by atoms with Gasteiger partial charge in [0, 0.05) is 16.2 Å². The van der Waals surface area contributed by atoms with Crippen molar-refractivity contribution in [2.45, 2.75) is 6.61 Å². The van der Waals surface area contributed by atoms with E-state index in [9.17, 15) is 0 Å². The summed E-state index contributed by atoms with van der Waals surface area (Å²) in [6.07, 6.45) is 1.71. The normalized spacial score (nSPS) is 10.4. The van der Waals surface area contributed by atoms with Gasteiger partial charge in [-0.1, -0.05) is 28.1 Å². The highest BCUT2D eigenvalue weighted by Crippen LogP contribution is 2.27. The fraction of sp³-hybridized carbons (Fsp3) is 0.100. The van der Waals surface area contributed by atoms with Crippen LogP contribution in [-0.2, 0) is 6.61 Å². The summed E-state index contributed by atoms with van der Waals surface area (Å²) in [5.74, 6) is 0. The number of benzene rings is 1. The van der Waals surface area contributed by atoms with Crippen LogP contribution >= 0.6 is 27.3 Å². The molecule has 4 heteroatoms. The topological polar surface area (TPSA) is 33.1 Å². The van der Waals surface area contributed by atoms with Gasteiger partial charge in [0.1, 0.15) is 5.01 Å². The minimum atomic E-state index is 0.0612. The average Bonchev–Trinajstić information content (AvgIpc) is 2.66. The first-order valence-corrected chi connectivity index (χ1v) is 5.72. The van der Waals surface area contributed by atoms with Crippen molar-refractivity contribution in [3.8, 4) is 10.6 Å². The van der Waals surface area contributed by atoms with Gasteiger partial charge in [0.05, 0.1) is 11.5 Å². The van der Waals surface area contributed by atoms with Crippen LogP contribution in [0, 0.1) is 0 Å². The lowest BCUT2D eigenvalue weighted by Crippen LogP contribution is -1.73. The second kappa shape index (κ2) is 4.21. The minimum Gasteiger partial charge on any atom is -0.391 e. The van der Waals surface area contributed by atoms with Crippen LogP contribution in [0.2, 0.25) is 0 Å². The Morgan fingerprint density at radius 3 is 2.93 bits per heavy atom. The number of nitrogens with zero attached hydrogens (tertiary/aromatic N) is 1. The molecular weight excluding hydrogens is 262 g/mol. The lowest BCUT2D eigenvalue weighted by Gasteiger charge is -1.95. The lowest BCUT2D eigenvalue weighted by molar-refractivity contribution is 0.285. The van der Waals surface area contributed by atoms with Gasteiger partial charge in [0.15, 0.2) is 0 Å². The Labute approximate surface area is 94.4 Å². The van der Waals surface area contributed by atoms with Crippen LogP contribution in [0.25, 0.3) is 10.6 Å². The maximum absolute atomic E-state index is 8.91. The van der Waals surface area contributed by atoms with E-state index in [0.717, 1.165) is 19.9 Å². The molecule has 0 spiro atoms. The predicted molar refractivity (Wildman–Crippen MR) is 61.2 cm³/mol. The number of aliphatic hydroxyl groups is 1. The van der Waals surface area contributed by atoms with Crippen molar-refractivity contribution in [2.24, 2.45) is 0 Å². The van der Waals surface area contributed by atoms with Crippen LogP contribution in [0.3, 0.4) is 0 Å². The molecule has 0 bridgehead atoms. The molecule has 0 aliphatic heterocycles. The van der Waals surface area contributed by atoms with Gasteiger partial charge in [-0.3, -0.25) is 0 Å². The van der Waals surface area contributed by atoms with Gasteiger partial charge < -0.3 is 5.11 Å². The molecule has 0 amide bonds. The summed E-state index contributed by atoms with van der Waals surface area (Å²) < 4.78 is 1.04. The highest BCUT2D eigenvalue weighted by atomic mass is 79.9. The van der Waals surface area contributed by atoms with Crippen molar-refractivity contribution in [1.29, 1.82) is 0 Å². The number of aromatic nitrogens is 1. The zero-order valence-corrected chi connectivity index (χ0v) is 9.68. The molecule has 0 unspecified atom stereocenters. The quantitative estimate of drug-likeness (QED) is 0.909. The van der Waals surface area contributed by atoms with Crippen molar-refractivity contribution in [3.05, 3.63) is 39.8 Å². The van der Waals surface area contributed by atoms with E-state index in [1.165, 1.54) is 11.3 Å². The molecule has 0 fully saturated rings. The van der Waals surface area contributed by atoms with Crippen LogP contribution in [-0.4, -0.2) is 10.1 Å². The number of aliphatic hydroxyl groups excluding tert-OH is 1. The maximum Gasteiger partial charge on any atom is 0.123 e. The van der Waals surface area contributed by atoms with Crippen LogP contribution in [0.1, 0.15) is 4.88 Å². The molecule has 1 aromatic heterocycles. The molecule has 1 heterocycles. The number of hydrogen-bond donors (Lipinski definition) is 1. The lowest BCUT2D eigenvalue weighted by atomic mass is 10.2. The van der Waals surface area contributed by atoms with Gasteiger partial charge in [-0.15, -0.1) is 11.3 Å². The van der Waals surface area contributed by atoms with Gasteiger partial charge in [0.2, 0.25) is 0 Å². The van der Waals surface area contributed by atoms with Gasteiger partial charge in [-0.05, 0) is 12.1 Å². The Hall–Kier alpha value is -0.710. The first-order chi connectivity index (χ1) is 6.79. The third kappa shape index (κ3) is 2.03. The highest BCUT2D eigenvalue weighted by Gasteiger charge is 2.03. The standard InChI is InChI=1S/C10H8BrNOS/c11-8-3-1-2-7(4-8)10-12-5-9(6-13)14-10/h1-5,13H,6H2. The molecule has 1 N–H and O–H groups in total. The molecular formula is C10H8BrNOS. The van der Waals surface area contributed by atoms with E-state index in [0.29, 0.717) is 0 Å². The molecule has 0 saturated carbocycles. The molecule has 0 aliphatic rings. The molecule has 0 aliphatic carbocycles. The maximum atomic E-state index is 8.91. The third-order valence-electron chi connectivity index (χ3n) is 1.78. The van der Waals surface area contributed by atoms with Crippen LogP contribution in [0.15, 0.2) is 34.9 Å². The Morgan fingerprint density at radius 2 is 2.29 bits per heavy atom. The summed E-state index contributed by atoms with van der Waals surface area (Å²) in [5, 5.41) is 9.85. The second-order valence-corrected chi connectivity index (χ2v) is 4.83. The zero-order chi connectivity index (χ0) is 9.97. The smallest absolute Gasteiger partial charge is 0.123 e. The number of halogens is 1. The molecule has 0 atom stereocenters. The number of hydrogen-bond acceptors (Lipinski definition) is 3. The van der Waals surface area contributed by atoms with E-state index in [1.807, 2.05) is 24.3 Å². The van der Waals surface area contributed by atoms with E-state index in [4.69, 9.17) is 5.11 Å². The molecule has 72 valence electrons. The van der Waals surface area contributed by atoms with Gasteiger partial charge in [-0.2, -0.15) is 0 Å². The third-order valence-corrected chi connectivity index (χ3v) is 3.31. The Kier molecular flexibility index (Phi) is 2.96. The first-order valence-electron chi connectivity index (χ1n) is 4.11. The molecule has 14 heavy (non-hydrogen) atoms. The Balaban J connectivity index is 2.39. The SMILES string of the molecule is OCc1cnc(-c2cccc(Br)c2)s1. The van der Waals surface area contributed by atoms with E-state index >= 15 is 0 Å². The summed E-state index contributed by atoms with van der Waals surface area (Å²) in [4.78, 5) is 5.12. The van der Waals surface area contributed by atoms with Crippen LogP contribution in [0.5, 0.6) is 0 Å². The van der Waals surface area contributed by atoms with Crippen LogP contribution < -0.4 is 0 Å². The van der Waals surface area contributed by atoms with E-state index in [2.05, 4.69) is 20.9 Å². The molecule has 2 rings (SSSR count). The van der Waals surface area contributed by atoms with E-state index in [-0.39, 0.29) is 6.61 Å². The van der Waals surface area contributed by atoms with Gasteiger partial charge in [0.25, 0.3) is 0 Å². The van der Waals surface area contributed by atoms with Crippen molar-refractivity contribution >= 4 is 27.3 Å². The summed E-state index contributed by atoms with van der Waals surface area (Å²) in [6, 6.07) is 7.97. The van der Waals surface area contributed by atoms with Crippen molar-refractivity contribution < 1.29 is 5.11 Å². The summed E-state index contributed by atoms with van der Waals surface area (Å²) in [6.45, 7) is 0.0612. The van der Waals surface area contributed by atoms with Crippen molar-refractivity contribution in [1.82, 2.24) is 4.98 Å². The predicted octanol–water partition coefficient (Wildman–Crippen LogP) is 3.06. The monoisotopic (exact) mass is 269 g/mol. The highest BCUT2D eigenvalue weighted by molar-refractivity contribution is 9.10. The largest absolute Gasteiger partial charge is 0.391 e. The summed E-state index contributed by atoms with van der Waals surface area (Å²) >= 11 is 4.92. The van der Waals surface area contributed by atoms with E-state index < -0.39 is 0 Å². The summed E-state index contributed by atoms with van der Waals surface area (Å²) in [7, 11) is 0. The number of rotatable bonds is 2. The molecule has 1 aromatic carbocycles. The fourth-order valence-electron chi connectivity index (χ4n) is 1.14. The second-order valence-electron chi connectivity index (χ2n) is 2.80. The Morgan fingerprint density at radius 1 is 1.43 bits per heavy atom. The van der Waals surface area contributed by atoms with Crippen LogP contribution in [0.4, 0.5) is 0 Å². The Bertz CT molecular complexity index is 441. The number of thiazole rings is 1. The molecule has 0 radical (unpaired) electrons. The van der Waals surface area contributed by atoms with Gasteiger partial charge in [-0.25, -0.2) is 4.98 Å². The van der Waals surface area contributed by atoms with Crippen molar-refractivity contribution in [2.75, 3.05) is 0 Å². The van der Waals surface area contributed by atoms with Crippen molar-refractivity contribution in [3.63, 3.8) is 0 Å². The molecule has 2 aromatic rings. The molecule has 0 saturated heterocycles. The average molecular weight is 270 g/mol. The van der Waals surface area contributed by atoms with Gasteiger partial charge >= 0.3 is 0 Å². The zero-order valence-electron chi connectivity index (χ0n) is 7.27. The first kappa shape index (κ1) is 9.83. The fourth-order valence-corrected chi connectivity index (χ4v) is 2.30. The summed E-state index contributed by atoms with van der Waals surface area (Å²) in [5.41, 5.74) is 1.07. The molecule has 2 nitrogen and oxygen atoms in total. The van der Waals surface area contributed by atoms with E-state index in [1.54, 1.807) is 6.20 Å².